The molecule has 22 heavy (non-hydrogen) atoms. The number of benzene rings is 2. The highest BCUT2D eigenvalue weighted by Crippen LogP contribution is 2.24. The zero-order valence-electron chi connectivity index (χ0n) is 12.9. The molecular weight excluding hydrogens is 278 g/mol. The third-order valence-electron chi connectivity index (χ3n) is 3.41. The zero-order valence-corrected chi connectivity index (χ0v) is 12.9. The van der Waals surface area contributed by atoms with Crippen LogP contribution < -0.4 is 9.47 Å². The molecule has 0 aliphatic rings. The fourth-order valence-corrected chi connectivity index (χ4v) is 2.16. The molecule has 4 nitrogen and oxygen atoms in total. The maximum Gasteiger partial charge on any atom is 0.119 e. The third kappa shape index (κ3) is 3.67. The van der Waals surface area contributed by atoms with Gasteiger partial charge in [0.2, 0.25) is 0 Å². The first-order valence-electron chi connectivity index (χ1n) is 6.86. The number of oxime groups is 1. The molecule has 0 radical (unpaired) electrons. The Morgan fingerprint density at radius 2 is 1.59 bits per heavy atom. The minimum Gasteiger partial charge on any atom is -0.497 e. The molecule has 0 saturated heterocycles. The van der Waals surface area contributed by atoms with E-state index in [1.54, 1.807) is 14.2 Å². The van der Waals surface area contributed by atoms with Crippen molar-refractivity contribution in [1.29, 1.82) is 0 Å². The second-order valence-electron chi connectivity index (χ2n) is 4.80. The van der Waals surface area contributed by atoms with E-state index in [2.05, 4.69) is 5.16 Å². The molecule has 0 atom stereocenters. The van der Waals surface area contributed by atoms with Crippen LogP contribution >= 0.6 is 0 Å². The van der Waals surface area contributed by atoms with Crippen LogP contribution in [0.1, 0.15) is 23.6 Å². The Morgan fingerprint density at radius 3 is 2.18 bits per heavy atom. The lowest BCUT2D eigenvalue weighted by molar-refractivity contribution is 0.322. The zero-order chi connectivity index (χ0) is 15.9. The maximum atomic E-state index is 8.81. The Balaban J connectivity index is 2.37. The summed E-state index contributed by atoms with van der Waals surface area (Å²) in [5, 5.41) is 11.9. The standard InChI is InChI=1S/C18H19NO3/c1-13(14-4-7-17(21-2)8-5-14)10-15-6-9-18(22-3)11-16(15)12-19-20/h4-12,20H,1-3H3/b13-10+,19-12+. The van der Waals surface area contributed by atoms with Gasteiger partial charge in [-0.1, -0.05) is 29.4 Å². The molecule has 0 spiro atoms. The summed E-state index contributed by atoms with van der Waals surface area (Å²) in [5.74, 6) is 1.54. The Kier molecular flexibility index (Phi) is 5.20. The lowest BCUT2D eigenvalue weighted by Crippen LogP contribution is -1.91. The fourth-order valence-electron chi connectivity index (χ4n) is 2.16. The van der Waals surface area contributed by atoms with Crippen LogP contribution in [0.5, 0.6) is 11.5 Å². The second kappa shape index (κ2) is 7.31. The summed E-state index contributed by atoms with van der Waals surface area (Å²) in [4.78, 5) is 0. The second-order valence-corrected chi connectivity index (χ2v) is 4.80. The average molecular weight is 297 g/mol. The minimum atomic E-state index is 0.717. The molecule has 0 amide bonds. The van der Waals surface area contributed by atoms with Crippen molar-refractivity contribution < 1.29 is 14.7 Å². The lowest BCUT2D eigenvalue weighted by atomic mass is 10.0. The van der Waals surface area contributed by atoms with E-state index in [0.29, 0.717) is 5.75 Å². The summed E-state index contributed by atoms with van der Waals surface area (Å²) < 4.78 is 10.4. The quantitative estimate of drug-likeness (QED) is 0.392. The van der Waals surface area contributed by atoms with Crippen LogP contribution in [0.3, 0.4) is 0 Å². The number of hydrogen-bond donors (Lipinski definition) is 1. The molecule has 2 aromatic rings. The van der Waals surface area contributed by atoms with E-state index in [1.807, 2.05) is 55.5 Å². The van der Waals surface area contributed by atoms with Gasteiger partial charge in [0.1, 0.15) is 11.5 Å². The van der Waals surface area contributed by atoms with Crippen molar-refractivity contribution >= 4 is 17.9 Å². The van der Waals surface area contributed by atoms with Gasteiger partial charge in [0.15, 0.2) is 0 Å². The van der Waals surface area contributed by atoms with Gasteiger partial charge in [0.25, 0.3) is 0 Å². The van der Waals surface area contributed by atoms with Gasteiger partial charge in [0, 0.05) is 5.56 Å². The van der Waals surface area contributed by atoms with E-state index in [-0.39, 0.29) is 0 Å². The van der Waals surface area contributed by atoms with Gasteiger partial charge in [0.05, 0.1) is 20.4 Å². The van der Waals surface area contributed by atoms with Gasteiger partial charge >= 0.3 is 0 Å². The Labute approximate surface area is 130 Å². The van der Waals surface area contributed by atoms with Crippen molar-refractivity contribution in [3.63, 3.8) is 0 Å². The van der Waals surface area contributed by atoms with Crippen LogP contribution in [-0.2, 0) is 0 Å². The Bertz CT molecular complexity index is 688. The molecule has 114 valence electrons. The van der Waals surface area contributed by atoms with Crippen LogP contribution in [0.4, 0.5) is 0 Å². The summed E-state index contributed by atoms with van der Waals surface area (Å²) in [6.07, 6.45) is 3.44. The summed E-state index contributed by atoms with van der Waals surface area (Å²) in [6, 6.07) is 13.5. The van der Waals surface area contributed by atoms with E-state index >= 15 is 0 Å². The number of hydrogen-bond acceptors (Lipinski definition) is 4. The maximum absolute atomic E-state index is 8.81. The first-order valence-corrected chi connectivity index (χ1v) is 6.86. The Morgan fingerprint density at radius 1 is 0.955 bits per heavy atom. The molecule has 0 unspecified atom stereocenters. The monoisotopic (exact) mass is 297 g/mol. The molecule has 0 bridgehead atoms. The van der Waals surface area contributed by atoms with Gasteiger partial charge in [-0.05, 0) is 47.9 Å². The highest BCUT2D eigenvalue weighted by molar-refractivity contribution is 5.90. The molecule has 0 fully saturated rings. The molecule has 0 aliphatic carbocycles. The van der Waals surface area contributed by atoms with Gasteiger partial charge in [-0.15, -0.1) is 0 Å². The van der Waals surface area contributed by atoms with Gasteiger partial charge in [-0.25, -0.2) is 0 Å². The first-order chi connectivity index (χ1) is 10.7. The van der Waals surface area contributed by atoms with Crippen LogP contribution in [0.15, 0.2) is 47.6 Å². The smallest absolute Gasteiger partial charge is 0.119 e. The topological polar surface area (TPSA) is 51.0 Å². The number of nitrogens with zero attached hydrogens (tertiary/aromatic N) is 1. The fraction of sp³-hybridized carbons (Fsp3) is 0.167. The number of allylic oxidation sites excluding steroid dienone is 1. The highest BCUT2D eigenvalue weighted by atomic mass is 16.5. The summed E-state index contributed by atoms with van der Waals surface area (Å²) in [5.41, 5.74) is 3.94. The van der Waals surface area contributed by atoms with Crippen LogP contribution in [-0.4, -0.2) is 25.6 Å². The predicted octanol–water partition coefficient (Wildman–Crippen LogP) is 4.07. The largest absolute Gasteiger partial charge is 0.497 e. The van der Waals surface area contributed by atoms with E-state index < -0.39 is 0 Å². The third-order valence-corrected chi connectivity index (χ3v) is 3.41. The molecular formula is C18H19NO3. The summed E-state index contributed by atoms with van der Waals surface area (Å²) in [6.45, 7) is 2.03. The Hall–Kier alpha value is -2.75. The predicted molar refractivity (Wildman–Crippen MR) is 88.9 cm³/mol. The van der Waals surface area contributed by atoms with Crippen molar-refractivity contribution in [2.24, 2.45) is 5.16 Å². The van der Waals surface area contributed by atoms with Gasteiger partial charge in [-0.3, -0.25) is 0 Å². The number of methoxy groups -OCH3 is 2. The minimum absolute atomic E-state index is 0.717. The van der Waals surface area contributed by atoms with Crippen LogP contribution in [0.25, 0.3) is 11.6 Å². The normalized spacial score (nSPS) is 11.7. The molecule has 0 aromatic heterocycles. The molecule has 0 aliphatic heterocycles. The van der Waals surface area contributed by atoms with E-state index in [1.165, 1.54) is 6.21 Å². The summed E-state index contributed by atoms with van der Waals surface area (Å²) in [7, 11) is 3.25. The lowest BCUT2D eigenvalue weighted by Gasteiger charge is -2.07. The summed E-state index contributed by atoms with van der Waals surface area (Å²) >= 11 is 0. The van der Waals surface area contributed by atoms with Crippen LogP contribution in [0.2, 0.25) is 0 Å². The number of ether oxygens (including phenoxy) is 2. The van der Waals surface area contributed by atoms with Gasteiger partial charge < -0.3 is 14.7 Å². The van der Waals surface area contributed by atoms with Crippen molar-refractivity contribution in [2.75, 3.05) is 14.2 Å². The van der Waals surface area contributed by atoms with Crippen molar-refractivity contribution in [3.8, 4) is 11.5 Å². The number of rotatable bonds is 5. The van der Waals surface area contributed by atoms with Crippen molar-refractivity contribution in [1.82, 2.24) is 0 Å². The van der Waals surface area contributed by atoms with E-state index in [9.17, 15) is 0 Å². The highest BCUT2D eigenvalue weighted by Gasteiger charge is 2.03. The molecule has 4 heteroatoms. The van der Waals surface area contributed by atoms with Crippen molar-refractivity contribution in [2.45, 2.75) is 6.92 Å². The average Bonchev–Trinajstić information content (AvgIpc) is 2.56. The van der Waals surface area contributed by atoms with E-state index in [0.717, 1.165) is 28.0 Å². The molecule has 2 aromatic carbocycles. The SMILES string of the molecule is COc1ccc(/C(C)=C/c2ccc(OC)cc2/C=N/O)cc1. The van der Waals surface area contributed by atoms with E-state index in [4.69, 9.17) is 14.7 Å². The molecule has 1 N–H and O–H groups in total. The van der Waals surface area contributed by atoms with Crippen LogP contribution in [0, 0.1) is 0 Å². The van der Waals surface area contributed by atoms with Crippen molar-refractivity contribution in [3.05, 3.63) is 59.2 Å². The molecule has 0 heterocycles. The first kappa shape index (κ1) is 15.6. The molecule has 2 rings (SSSR count). The van der Waals surface area contributed by atoms with Gasteiger partial charge in [-0.2, -0.15) is 0 Å². The molecule has 0 saturated carbocycles.